The van der Waals surface area contributed by atoms with Crippen molar-refractivity contribution in [3.8, 4) is 0 Å². The van der Waals surface area contributed by atoms with Crippen molar-refractivity contribution in [2.75, 3.05) is 13.2 Å². The lowest BCUT2D eigenvalue weighted by atomic mass is 10.0. The highest BCUT2D eigenvalue weighted by Gasteiger charge is 2.34. The normalized spacial score (nSPS) is 22.2. The van der Waals surface area contributed by atoms with Crippen LogP contribution in [-0.2, 0) is 20.7 Å². The molecule has 1 amide bonds. The van der Waals surface area contributed by atoms with Gasteiger partial charge in [-0.25, -0.2) is 0 Å². The third-order valence-corrected chi connectivity index (χ3v) is 3.23. The third-order valence-electron chi connectivity index (χ3n) is 3.23. The number of rotatable bonds is 4. The highest BCUT2D eigenvalue weighted by molar-refractivity contribution is 5.80. The van der Waals surface area contributed by atoms with Crippen LogP contribution in [0.3, 0.4) is 0 Å². The van der Waals surface area contributed by atoms with Crippen LogP contribution in [0.1, 0.15) is 11.1 Å². The molecule has 2 rings (SSSR count). The van der Waals surface area contributed by atoms with Crippen molar-refractivity contribution in [1.29, 1.82) is 0 Å². The molecule has 5 nitrogen and oxygen atoms in total. The molecule has 0 aliphatic carbocycles. The van der Waals surface area contributed by atoms with Gasteiger partial charge >= 0.3 is 5.97 Å². The molecular weight excluding hydrogens is 246 g/mol. The molecule has 102 valence electrons. The van der Waals surface area contributed by atoms with Gasteiger partial charge in [0.05, 0.1) is 25.7 Å². The van der Waals surface area contributed by atoms with Crippen LogP contribution in [-0.4, -0.2) is 36.2 Å². The molecular formula is C14H17NO4. The summed E-state index contributed by atoms with van der Waals surface area (Å²) in [6, 6.07) is 7.25. The molecule has 1 aliphatic rings. The minimum Gasteiger partial charge on any atom is -0.481 e. The van der Waals surface area contributed by atoms with E-state index in [1.165, 1.54) is 0 Å². The van der Waals surface area contributed by atoms with Crippen LogP contribution in [0.2, 0.25) is 0 Å². The number of carboxylic acids is 1. The average molecular weight is 263 g/mol. The summed E-state index contributed by atoms with van der Waals surface area (Å²) in [6.07, 6.45) is 0.253. The van der Waals surface area contributed by atoms with Crippen molar-refractivity contribution in [3.05, 3.63) is 35.4 Å². The van der Waals surface area contributed by atoms with Crippen molar-refractivity contribution in [1.82, 2.24) is 5.32 Å². The van der Waals surface area contributed by atoms with Gasteiger partial charge in [-0.2, -0.15) is 0 Å². The summed E-state index contributed by atoms with van der Waals surface area (Å²) in [5.41, 5.74) is 2.05. The Balaban J connectivity index is 1.90. The van der Waals surface area contributed by atoms with Crippen LogP contribution < -0.4 is 5.32 Å². The fourth-order valence-electron chi connectivity index (χ4n) is 2.09. The molecule has 1 saturated heterocycles. The number of hydrogen-bond donors (Lipinski definition) is 2. The predicted octanol–water partition coefficient (Wildman–Crippen LogP) is 0.753. The molecule has 2 unspecified atom stereocenters. The molecule has 19 heavy (non-hydrogen) atoms. The zero-order chi connectivity index (χ0) is 13.8. The van der Waals surface area contributed by atoms with E-state index < -0.39 is 17.9 Å². The summed E-state index contributed by atoms with van der Waals surface area (Å²) < 4.78 is 5.10. The van der Waals surface area contributed by atoms with Gasteiger partial charge < -0.3 is 15.2 Å². The molecule has 0 aromatic heterocycles. The first-order chi connectivity index (χ1) is 9.06. The summed E-state index contributed by atoms with van der Waals surface area (Å²) in [5.74, 6) is -1.76. The van der Waals surface area contributed by atoms with Crippen LogP contribution in [0.25, 0.3) is 0 Å². The quantitative estimate of drug-likeness (QED) is 0.840. The Labute approximate surface area is 111 Å². The molecule has 1 heterocycles. The van der Waals surface area contributed by atoms with Gasteiger partial charge in [0, 0.05) is 0 Å². The predicted molar refractivity (Wildman–Crippen MR) is 68.8 cm³/mol. The largest absolute Gasteiger partial charge is 0.481 e. The highest BCUT2D eigenvalue weighted by atomic mass is 16.5. The Hall–Kier alpha value is -1.88. The molecule has 1 fully saturated rings. The molecule has 5 heteroatoms. The summed E-state index contributed by atoms with van der Waals surface area (Å²) in [5, 5.41) is 11.7. The Bertz CT molecular complexity index is 469. The van der Waals surface area contributed by atoms with Crippen molar-refractivity contribution in [2.24, 2.45) is 5.92 Å². The standard InChI is InChI=1S/C14H17NO4/c1-9-2-4-10(5-3-9)6-13(16)15-12-8-19-7-11(12)14(17)18/h2-5,11-12H,6-8H2,1H3,(H,15,16)(H,17,18). The minimum atomic E-state index is -0.932. The molecule has 1 aliphatic heterocycles. The van der Waals surface area contributed by atoms with Gasteiger partial charge in [-0.05, 0) is 12.5 Å². The first-order valence-corrected chi connectivity index (χ1v) is 6.21. The zero-order valence-electron chi connectivity index (χ0n) is 10.8. The number of hydrogen-bond acceptors (Lipinski definition) is 3. The van der Waals surface area contributed by atoms with Crippen molar-refractivity contribution in [3.63, 3.8) is 0 Å². The van der Waals surface area contributed by atoms with Gasteiger partial charge in [0.1, 0.15) is 5.92 Å². The second-order valence-electron chi connectivity index (χ2n) is 4.82. The topological polar surface area (TPSA) is 75.6 Å². The smallest absolute Gasteiger partial charge is 0.311 e. The lowest BCUT2D eigenvalue weighted by Gasteiger charge is -2.15. The number of carbonyl (C=O) groups is 2. The van der Waals surface area contributed by atoms with Gasteiger partial charge in [0.2, 0.25) is 5.91 Å². The van der Waals surface area contributed by atoms with Crippen LogP contribution in [0.4, 0.5) is 0 Å². The third kappa shape index (κ3) is 3.54. The Morgan fingerprint density at radius 1 is 1.32 bits per heavy atom. The van der Waals surface area contributed by atoms with E-state index in [1.54, 1.807) is 0 Å². The van der Waals surface area contributed by atoms with Gasteiger partial charge in [0.15, 0.2) is 0 Å². The average Bonchev–Trinajstić information content (AvgIpc) is 2.80. The monoisotopic (exact) mass is 263 g/mol. The molecule has 0 radical (unpaired) electrons. The Kier molecular flexibility index (Phi) is 4.16. The Morgan fingerprint density at radius 2 is 2.00 bits per heavy atom. The number of ether oxygens (including phenoxy) is 1. The van der Waals surface area contributed by atoms with Gasteiger partial charge in [0.25, 0.3) is 0 Å². The number of amides is 1. The second kappa shape index (κ2) is 5.84. The molecule has 0 spiro atoms. The lowest BCUT2D eigenvalue weighted by molar-refractivity contribution is -0.142. The molecule has 0 saturated carbocycles. The van der Waals surface area contributed by atoms with E-state index in [-0.39, 0.29) is 25.5 Å². The van der Waals surface area contributed by atoms with E-state index >= 15 is 0 Å². The maximum atomic E-state index is 11.9. The maximum absolute atomic E-state index is 11.9. The van der Waals surface area contributed by atoms with Crippen LogP contribution in [0.15, 0.2) is 24.3 Å². The van der Waals surface area contributed by atoms with E-state index in [9.17, 15) is 9.59 Å². The van der Waals surface area contributed by atoms with E-state index in [1.807, 2.05) is 31.2 Å². The maximum Gasteiger partial charge on any atom is 0.311 e. The number of carbonyl (C=O) groups excluding carboxylic acids is 1. The Morgan fingerprint density at radius 3 is 2.63 bits per heavy atom. The number of aliphatic carboxylic acids is 1. The molecule has 2 atom stereocenters. The number of aryl methyl sites for hydroxylation is 1. The van der Waals surface area contributed by atoms with E-state index in [2.05, 4.69) is 5.32 Å². The minimum absolute atomic E-state index is 0.158. The summed E-state index contributed by atoms with van der Waals surface area (Å²) in [7, 11) is 0. The molecule has 0 bridgehead atoms. The highest BCUT2D eigenvalue weighted by Crippen LogP contribution is 2.14. The van der Waals surface area contributed by atoms with E-state index in [4.69, 9.17) is 9.84 Å². The number of benzene rings is 1. The summed E-state index contributed by atoms with van der Waals surface area (Å²) in [6.45, 7) is 2.40. The molecule has 1 aromatic rings. The molecule has 1 aromatic carbocycles. The number of nitrogens with one attached hydrogen (secondary N) is 1. The first-order valence-electron chi connectivity index (χ1n) is 6.21. The van der Waals surface area contributed by atoms with E-state index in [0.29, 0.717) is 0 Å². The fourth-order valence-corrected chi connectivity index (χ4v) is 2.09. The SMILES string of the molecule is Cc1ccc(CC(=O)NC2COCC2C(=O)O)cc1. The van der Waals surface area contributed by atoms with Gasteiger partial charge in [-0.3, -0.25) is 9.59 Å². The first kappa shape index (κ1) is 13.5. The lowest BCUT2D eigenvalue weighted by Crippen LogP contribution is -2.43. The van der Waals surface area contributed by atoms with Crippen molar-refractivity contribution >= 4 is 11.9 Å². The van der Waals surface area contributed by atoms with Gasteiger partial charge in [-0.1, -0.05) is 29.8 Å². The second-order valence-corrected chi connectivity index (χ2v) is 4.82. The van der Waals surface area contributed by atoms with Crippen molar-refractivity contribution < 1.29 is 19.4 Å². The molecule has 2 N–H and O–H groups in total. The van der Waals surface area contributed by atoms with E-state index in [0.717, 1.165) is 11.1 Å². The summed E-state index contributed by atoms with van der Waals surface area (Å²) >= 11 is 0. The zero-order valence-corrected chi connectivity index (χ0v) is 10.8. The number of carboxylic acid groups (broad SMARTS) is 1. The van der Waals surface area contributed by atoms with Crippen molar-refractivity contribution in [2.45, 2.75) is 19.4 Å². The summed E-state index contributed by atoms with van der Waals surface area (Å²) in [4.78, 5) is 22.8. The van der Waals surface area contributed by atoms with Gasteiger partial charge in [-0.15, -0.1) is 0 Å². The van der Waals surface area contributed by atoms with Crippen LogP contribution in [0.5, 0.6) is 0 Å². The van der Waals surface area contributed by atoms with Crippen LogP contribution in [0, 0.1) is 12.8 Å². The van der Waals surface area contributed by atoms with Crippen LogP contribution >= 0.6 is 0 Å². The fraction of sp³-hybridized carbons (Fsp3) is 0.429.